The third-order valence-electron chi connectivity index (χ3n) is 9.61. The first-order valence-corrected chi connectivity index (χ1v) is 15.4. The van der Waals surface area contributed by atoms with Crippen LogP contribution in [0, 0.1) is 0 Å². The highest BCUT2D eigenvalue weighted by Gasteiger charge is 2.50. The van der Waals surface area contributed by atoms with E-state index in [1.807, 2.05) is 17.0 Å². The molecule has 3 aliphatic rings. The quantitative estimate of drug-likeness (QED) is 0.414. The van der Waals surface area contributed by atoms with Crippen LogP contribution in [0.2, 0.25) is 0 Å². The predicted octanol–water partition coefficient (Wildman–Crippen LogP) is 4.57. The zero-order valence-electron chi connectivity index (χ0n) is 25.3. The first-order chi connectivity index (χ1) is 21.4. The molecule has 2 aliphatic heterocycles. The molecule has 0 bridgehead atoms. The Morgan fingerprint density at radius 2 is 1.64 bits per heavy atom. The Labute approximate surface area is 259 Å². The van der Waals surface area contributed by atoms with Gasteiger partial charge in [-0.3, -0.25) is 19.5 Å². The second-order valence-corrected chi connectivity index (χ2v) is 12.9. The van der Waals surface area contributed by atoms with Gasteiger partial charge in [0.15, 0.2) is 5.82 Å². The summed E-state index contributed by atoms with van der Waals surface area (Å²) in [4.78, 5) is 44.0. The number of likely N-dealkylation sites (tertiary alicyclic amines) is 2. The molecule has 2 saturated heterocycles. The number of carbonyl (C=O) groups excluding carboxylic acids is 2. The average molecular weight is 623 g/mol. The third kappa shape index (κ3) is 6.17. The van der Waals surface area contributed by atoms with Crippen LogP contribution in [0.4, 0.5) is 13.2 Å². The van der Waals surface area contributed by atoms with E-state index in [0.29, 0.717) is 30.9 Å². The Kier molecular flexibility index (Phi) is 8.15. The van der Waals surface area contributed by atoms with Crippen LogP contribution in [0.15, 0.2) is 61.1 Å². The molecule has 45 heavy (non-hydrogen) atoms. The smallest absolute Gasteiger partial charge is 0.384 e. The molecule has 0 spiro atoms. The fraction of sp³-hybridized carbons (Fsp3) is 0.485. The van der Waals surface area contributed by atoms with Gasteiger partial charge in [-0.15, -0.1) is 0 Å². The second kappa shape index (κ2) is 11.8. The van der Waals surface area contributed by atoms with Gasteiger partial charge in [0.05, 0.1) is 11.3 Å². The van der Waals surface area contributed by atoms with E-state index in [1.165, 1.54) is 12.1 Å². The number of carbonyl (C=O) groups is 2. The van der Waals surface area contributed by atoms with E-state index >= 15 is 0 Å². The maximum absolute atomic E-state index is 13.7. The van der Waals surface area contributed by atoms with Crippen molar-refractivity contribution >= 4 is 11.8 Å². The summed E-state index contributed by atoms with van der Waals surface area (Å²) in [7, 11) is 0. The molecular formula is C33H37F3N6O3. The lowest BCUT2D eigenvalue weighted by Crippen LogP contribution is -2.57. The summed E-state index contributed by atoms with van der Waals surface area (Å²) >= 11 is 0. The van der Waals surface area contributed by atoms with Gasteiger partial charge in [0.2, 0.25) is 5.91 Å². The van der Waals surface area contributed by atoms with E-state index in [2.05, 4.69) is 25.2 Å². The summed E-state index contributed by atoms with van der Waals surface area (Å²) in [5.74, 6) is -0.387. The van der Waals surface area contributed by atoms with Crippen molar-refractivity contribution in [2.45, 2.75) is 87.8 Å². The highest BCUT2D eigenvalue weighted by molar-refractivity contribution is 5.99. The Hall–Kier alpha value is -3.90. The van der Waals surface area contributed by atoms with Crippen molar-refractivity contribution in [3.05, 3.63) is 77.9 Å². The molecular weight excluding hydrogens is 585 g/mol. The first-order valence-electron chi connectivity index (χ1n) is 15.4. The van der Waals surface area contributed by atoms with Gasteiger partial charge >= 0.3 is 6.18 Å². The van der Waals surface area contributed by atoms with Gasteiger partial charge in [-0.25, -0.2) is 9.97 Å². The van der Waals surface area contributed by atoms with Gasteiger partial charge in [-0.05, 0) is 88.8 Å². The monoisotopic (exact) mass is 622 g/mol. The normalized spacial score (nSPS) is 25.6. The minimum Gasteiger partial charge on any atom is -0.384 e. The van der Waals surface area contributed by atoms with Gasteiger partial charge in [-0.1, -0.05) is 6.07 Å². The molecule has 9 nitrogen and oxygen atoms in total. The third-order valence-corrected chi connectivity index (χ3v) is 9.61. The maximum Gasteiger partial charge on any atom is 0.416 e. The van der Waals surface area contributed by atoms with E-state index in [-0.39, 0.29) is 29.6 Å². The van der Waals surface area contributed by atoms with Crippen LogP contribution in [0.5, 0.6) is 0 Å². The van der Waals surface area contributed by atoms with Gasteiger partial charge in [0.25, 0.3) is 5.91 Å². The summed E-state index contributed by atoms with van der Waals surface area (Å²) in [5, 5.41) is 14.2. The summed E-state index contributed by atoms with van der Waals surface area (Å²) in [6.07, 6.45) is 4.86. The number of nitrogens with one attached hydrogen (secondary N) is 1. The molecule has 2 N–H and O–H groups in total. The molecule has 1 saturated carbocycles. The number of nitrogens with zero attached hydrogens (tertiary/aromatic N) is 5. The molecule has 4 heterocycles. The van der Waals surface area contributed by atoms with E-state index in [4.69, 9.17) is 0 Å². The number of rotatable bonds is 6. The largest absolute Gasteiger partial charge is 0.416 e. The van der Waals surface area contributed by atoms with Crippen molar-refractivity contribution in [2.75, 3.05) is 13.1 Å². The zero-order valence-corrected chi connectivity index (χ0v) is 25.3. The molecule has 1 aliphatic carbocycles. The lowest BCUT2D eigenvalue weighted by molar-refractivity contribution is -0.138. The molecule has 2 unspecified atom stereocenters. The van der Waals surface area contributed by atoms with Crippen LogP contribution in [-0.2, 0) is 16.6 Å². The summed E-state index contributed by atoms with van der Waals surface area (Å²) in [5.41, 5.74) is -1.94. The fourth-order valence-corrected chi connectivity index (χ4v) is 7.25. The summed E-state index contributed by atoms with van der Waals surface area (Å²) in [6, 6.07) is 10.2. The Morgan fingerprint density at radius 3 is 2.31 bits per heavy atom. The van der Waals surface area contributed by atoms with Crippen molar-refractivity contribution in [2.24, 2.45) is 0 Å². The van der Waals surface area contributed by atoms with Gasteiger partial charge < -0.3 is 15.3 Å². The number of amides is 2. The number of pyridine rings is 1. The number of hydrogen-bond acceptors (Lipinski definition) is 7. The number of fused-ring (bicyclic) bond motifs is 1. The van der Waals surface area contributed by atoms with E-state index in [0.717, 1.165) is 49.9 Å². The molecule has 3 fully saturated rings. The molecule has 2 amide bonds. The van der Waals surface area contributed by atoms with Crippen LogP contribution in [0.3, 0.4) is 0 Å². The number of halogens is 3. The van der Waals surface area contributed by atoms with Crippen LogP contribution in [0.25, 0.3) is 11.4 Å². The molecule has 3 aromatic rings. The molecule has 2 atom stereocenters. The summed E-state index contributed by atoms with van der Waals surface area (Å²) in [6.45, 7) is 4.57. The molecule has 12 heteroatoms. The van der Waals surface area contributed by atoms with E-state index < -0.39 is 28.8 Å². The highest BCUT2D eigenvalue weighted by atomic mass is 19.4. The number of hydrogen-bond donors (Lipinski definition) is 2. The van der Waals surface area contributed by atoms with Gasteiger partial charge in [0, 0.05) is 60.9 Å². The van der Waals surface area contributed by atoms with E-state index in [1.54, 1.807) is 38.5 Å². The zero-order chi connectivity index (χ0) is 32.0. The Morgan fingerprint density at radius 1 is 0.933 bits per heavy atom. The van der Waals surface area contributed by atoms with Crippen molar-refractivity contribution < 1.29 is 27.9 Å². The molecule has 6 rings (SSSR count). The molecule has 0 radical (unpaired) electrons. The summed E-state index contributed by atoms with van der Waals surface area (Å²) < 4.78 is 39.5. The van der Waals surface area contributed by atoms with Crippen LogP contribution in [0.1, 0.15) is 74.0 Å². The van der Waals surface area contributed by atoms with Crippen LogP contribution in [-0.4, -0.2) is 78.4 Å². The number of alkyl halides is 3. The van der Waals surface area contributed by atoms with Gasteiger partial charge in [0.1, 0.15) is 11.1 Å². The lowest BCUT2D eigenvalue weighted by atomic mass is 9.79. The van der Waals surface area contributed by atoms with Crippen molar-refractivity contribution in [3.63, 3.8) is 0 Å². The van der Waals surface area contributed by atoms with Crippen LogP contribution < -0.4 is 5.32 Å². The van der Waals surface area contributed by atoms with Gasteiger partial charge in [-0.2, -0.15) is 13.2 Å². The Bertz CT molecular complexity index is 1540. The average Bonchev–Trinajstić information content (AvgIpc) is 3.64. The minimum atomic E-state index is -4.57. The number of aliphatic hydroxyl groups is 1. The minimum absolute atomic E-state index is 0.00235. The first kappa shape index (κ1) is 31.1. The topological polar surface area (TPSA) is 112 Å². The number of aromatic nitrogens is 3. The van der Waals surface area contributed by atoms with Crippen molar-refractivity contribution in [3.8, 4) is 11.4 Å². The predicted molar refractivity (Wildman–Crippen MR) is 160 cm³/mol. The van der Waals surface area contributed by atoms with E-state index in [9.17, 15) is 27.9 Å². The lowest BCUT2D eigenvalue weighted by Gasteiger charge is -2.41. The standard InChI is InChI=1S/C33H37F3N6O3/c1-31(2,40-29(43)21-5-3-6-23(19-21)33(34,35)36)30(44)42-18-12-25-26(42)11-17-41(25)24-9-13-32(45,14-10-24)27-8-7-22(20-39-27)28-37-15-4-16-38-28/h3-8,15-16,19-20,24-26,45H,9-14,17-18H2,1-2H3,(H,40,43). The SMILES string of the molecule is CC(C)(NC(=O)c1cccc(C(F)(F)F)c1)C(=O)N1CCC2C1CCN2C1CCC(O)(c2ccc(-c3ncccn3)cn2)CC1. The van der Waals surface area contributed by atoms with Crippen LogP contribution >= 0.6 is 0 Å². The Balaban J connectivity index is 1.06. The van der Waals surface area contributed by atoms with Crippen molar-refractivity contribution in [1.29, 1.82) is 0 Å². The highest BCUT2D eigenvalue weighted by Crippen LogP contribution is 2.42. The molecule has 238 valence electrons. The molecule has 1 aromatic carbocycles. The number of benzene rings is 1. The second-order valence-electron chi connectivity index (χ2n) is 12.9. The maximum atomic E-state index is 13.7. The molecule has 2 aromatic heterocycles. The van der Waals surface area contributed by atoms with Crippen molar-refractivity contribution in [1.82, 2.24) is 30.1 Å². The fourth-order valence-electron chi connectivity index (χ4n) is 7.25.